The average molecular weight is 503 g/mol. The normalized spacial score (nSPS) is 20.2. The van der Waals surface area contributed by atoms with Crippen LogP contribution in [0.2, 0.25) is 0 Å². The van der Waals surface area contributed by atoms with Crippen molar-refractivity contribution in [2.24, 2.45) is 31.5 Å². The second kappa shape index (κ2) is 11.4. The molecule has 0 aromatic heterocycles. The summed E-state index contributed by atoms with van der Waals surface area (Å²) in [5.74, 6) is -0.712. The van der Waals surface area contributed by atoms with E-state index in [4.69, 9.17) is 29.0 Å². The van der Waals surface area contributed by atoms with Gasteiger partial charge in [-0.25, -0.2) is 9.98 Å². The highest BCUT2D eigenvalue weighted by Crippen LogP contribution is 2.48. The summed E-state index contributed by atoms with van der Waals surface area (Å²) in [7, 11) is -3.93. The van der Waals surface area contributed by atoms with Gasteiger partial charge < -0.3 is 24.8 Å². The van der Waals surface area contributed by atoms with Crippen LogP contribution in [0.15, 0.2) is 15.0 Å². The molecule has 192 valence electrons. The van der Waals surface area contributed by atoms with Crippen molar-refractivity contribution in [3.05, 3.63) is 0 Å². The zero-order chi connectivity index (χ0) is 25.6. The number of carbonyl (C=O) groups is 2. The molecule has 2 aliphatic heterocycles. The topological polar surface area (TPSA) is 164 Å². The highest BCUT2D eigenvalue weighted by atomic mass is 31.2. The molecule has 2 N–H and O–H groups in total. The molecule has 14 heteroatoms. The molecule has 13 nitrogen and oxygen atoms in total. The van der Waals surface area contributed by atoms with Gasteiger partial charge in [0.1, 0.15) is 24.6 Å². The number of esters is 2. The molecule has 0 aromatic rings. The molecule has 2 unspecified atom stereocenters. The lowest BCUT2D eigenvalue weighted by molar-refractivity contribution is -0.162. The first-order chi connectivity index (χ1) is 15.7. The highest BCUT2D eigenvalue weighted by molar-refractivity contribution is 7.53. The van der Waals surface area contributed by atoms with E-state index in [9.17, 15) is 14.2 Å². The number of amidine groups is 1. The Bertz CT molecular complexity index is 841. The summed E-state index contributed by atoms with van der Waals surface area (Å²) in [6.07, 6.45) is 2.22. The average Bonchev–Trinajstić information content (AvgIpc) is 3.14. The third-order valence-corrected chi connectivity index (χ3v) is 6.07. The first-order valence-electron chi connectivity index (χ1n) is 10.7. The largest absolute Gasteiger partial charge is 0.438 e. The van der Waals surface area contributed by atoms with Gasteiger partial charge in [0, 0.05) is 6.54 Å². The molecule has 2 aliphatic rings. The van der Waals surface area contributed by atoms with Crippen molar-refractivity contribution in [1.82, 2.24) is 4.90 Å². The molecule has 0 aliphatic carbocycles. The number of nitrogens with two attached hydrogens (primary N) is 1. The monoisotopic (exact) mass is 503 g/mol. The lowest BCUT2D eigenvalue weighted by atomic mass is 9.98. The Morgan fingerprint density at radius 2 is 1.59 bits per heavy atom. The molecular weight excluding hydrogens is 469 g/mol. The molecule has 2 heterocycles. The summed E-state index contributed by atoms with van der Waals surface area (Å²) in [5, 5.41) is 0. The van der Waals surface area contributed by atoms with Gasteiger partial charge in [-0.3, -0.25) is 28.2 Å². The zero-order valence-electron chi connectivity index (χ0n) is 20.4. The van der Waals surface area contributed by atoms with E-state index in [0.29, 0.717) is 12.4 Å². The van der Waals surface area contributed by atoms with E-state index >= 15 is 0 Å². The van der Waals surface area contributed by atoms with Gasteiger partial charge in [0.05, 0.1) is 23.8 Å². The minimum absolute atomic E-state index is 0.127. The zero-order valence-corrected chi connectivity index (χ0v) is 21.3. The number of fused-ring (bicyclic) bond motifs is 1. The van der Waals surface area contributed by atoms with Gasteiger partial charge in [-0.15, -0.1) is 0 Å². The van der Waals surface area contributed by atoms with Gasteiger partial charge in [0.15, 0.2) is 6.17 Å². The molecule has 0 radical (unpaired) electrons. The molecule has 0 aromatic carbocycles. The summed E-state index contributed by atoms with van der Waals surface area (Å²) in [5.41, 5.74) is 4.30. The van der Waals surface area contributed by atoms with Crippen LogP contribution in [0.25, 0.3) is 0 Å². The molecule has 2 rings (SSSR count). The van der Waals surface area contributed by atoms with Crippen LogP contribution < -0.4 is 5.73 Å². The van der Waals surface area contributed by atoms with Crippen LogP contribution in [0.3, 0.4) is 0 Å². The molecule has 34 heavy (non-hydrogen) atoms. The fraction of sp³-hybridized carbons (Fsp3) is 0.750. The molecule has 2 atom stereocenters. The van der Waals surface area contributed by atoms with Gasteiger partial charge >= 0.3 is 19.5 Å². The second-order valence-electron chi connectivity index (χ2n) is 9.69. The van der Waals surface area contributed by atoms with Crippen molar-refractivity contribution in [2.75, 3.05) is 33.1 Å². The van der Waals surface area contributed by atoms with E-state index in [2.05, 4.69) is 15.0 Å². The number of rotatable bonds is 11. The first-order valence-corrected chi connectivity index (χ1v) is 12.4. The summed E-state index contributed by atoms with van der Waals surface area (Å²) < 4.78 is 39.0. The Kier molecular flexibility index (Phi) is 9.35. The van der Waals surface area contributed by atoms with Crippen LogP contribution in [0.1, 0.15) is 41.5 Å². The van der Waals surface area contributed by atoms with E-state index in [0.717, 1.165) is 0 Å². The van der Waals surface area contributed by atoms with Crippen LogP contribution in [0.4, 0.5) is 0 Å². The number of aliphatic imine (C=N–C) groups is 3. The van der Waals surface area contributed by atoms with Crippen molar-refractivity contribution in [3.63, 3.8) is 0 Å². The van der Waals surface area contributed by atoms with E-state index in [1.54, 1.807) is 47.9 Å². The van der Waals surface area contributed by atoms with E-state index in [1.165, 1.54) is 6.34 Å². The fourth-order valence-corrected chi connectivity index (χ4v) is 3.53. The number of hydrogen-bond acceptors (Lipinski definition) is 13. The smallest absolute Gasteiger partial charge is 0.361 e. The first kappa shape index (κ1) is 27.9. The minimum atomic E-state index is -3.93. The van der Waals surface area contributed by atoms with Crippen LogP contribution in [-0.4, -0.2) is 80.6 Å². The Hall–Kier alpha value is -2.34. The van der Waals surface area contributed by atoms with Gasteiger partial charge in [-0.1, -0.05) is 0 Å². The molecule has 0 saturated carbocycles. The van der Waals surface area contributed by atoms with Gasteiger partial charge in [0.25, 0.3) is 0 Å². The number of ether oxygens (including phenoxy) is 3. The predicted octanol–water partition coefficient (Wildman–Crippen LogP) is 1.72. The number of nitrogens with zero attached hydrogens (tertiary/aromatic N) is 4. The van der Waals surface area contributed by atoms with Crippen LogP contribution >= 0.6 is 7.60 Å². The quantitative estimate of drug-likeness (QED) is 0.190. The molecule has 0 bridgehead atoms. The third-order valence-electron chi connectivity index (χ3n) is 4.57. The Morgan fingerprint density at radius 1 is 1.03 bits per heavy atom. The minimum Gasteiger partial charge on any atom is -0.438 e. The van der Waals surface area contributed by atoms with Gasteiger partial charge in [-0.05, 0) is 41.5 Å². The fourth-order valence-electron chi connectivity index (χ4n) is 2.53. The van der Waals surface area contributed by atoms with Crippen LogP contribution in [-0.2, 0) is 37.4 Å². The van der Waals surface area contributed by atoms with Gasteiger partial charge in [-0.2, -0.15) is 0 Å². The SMILES string of the molecule is CC(C)(C)C(=O)OCOP(=O)(COCCN1C=NC2C(N)=NC=NC21)OCOC(=O)C(C)(C)C. The van der Waals surface area contributed by atoms with Crippen molar-refractivity contribution < 1.29 is 37.4 Å². The number of hydrogen-bond donors (Lipinski definition) is 1. The summed E-state index contributed by atoms with van der Waals surface area (Å²) in [4.78, 5) is 38.1. The Balaban J connectivity index is 1.86. The second-order valence-corrected chi connectivity index (χ2v) is 11.7. The summed E-state index contributed by atoms with van der Waals surface area (Å²) in [6.45, 7) is 9.29. The molecular formula is C20H34N5O8P. The Morgan fingerprint density at radius 3 is 2.12 bits per heavy atom. The summed E-state index contributed by atoms with van der Waals surface area (Å²) >= 11 is 0. The van der Waals surface area contributed by atoms with E-state index in [1.807, 2.05) is 4.90 Å². The molecule has 0 fully saturated rings. The van der Waals surface area contributed by atoms with Crippen molar-refractivity contribution in [2.45, 2.75) is 53.8 Å². The maximum Gasteiger partial charge on any atom is 0.361 e. The molecule has 0 spiro atoms. The lowest BCUT2D eigenvalue weighted by Crippen LogP contribution is -2.44. The number of carbonyl (C=O) groups excluding carboxylic acids is 2. The maximum atomic E-state index is 13.1. The standard InChI is InChI=1S/C20H34N5O8P/c1-19(2,3)17(26)30-11-32-34(28,33-12-31-18(27)20(4,5)6)13-29-8-7-25-10-24-14-15(21)22-9-23-16(14)25/h9-10,14,16H,7-8,11-13H2,1-6H3,(H2,21,22,23). The van der Waals surface area contributed by atoms with E-state index < -0.39 is 50.3 Å². The predicted molar refractivity (Wildman–Crippen MR) is 124 cm³/mol. The van der Waals surface area contributed by atoms with Crippen molar-refractivity contribution >= 4 is 38.0 Å². The highest BCUT2D eigenvalue weighted by Gasteiger charge is 2.35. The summed E-state index contributed by atoms with van der Waals surface area (Å²) in [6, 6.07) is -0.349. The van der Waals surface area contributed by atoms with Crippen LogP contribution in [0, 0.1) is 10.8 Å². The molecule has 0 saturated heterocycles. The van der Waals surface area contributed by atoms with Crippen molar-refractivity contribution in [3.8, 4) is 0 Å². The van der Waals surface area contributed by atoms with Gasteiger partial charge in [0.2, 0.25) is 13.6 Å². The van der Waals surface area contributed by atoms with E-state index in [-0.39, 0.29) is 18.8 Å². The molecule has 0 amide bonds. The lowest BCUT2D eigenvalue weighted by Gasteiger charge is -2.26. The van der Waals surface area contributed by atoms with Crippen LogP contribution in [0.5, 0.6) is 0 Å². The maximum absolute atomic E-state index is 13.1. The Labute approximate surface area is 199 Å². The van der Waals surface area contributed by atoms with Crippen molar-refractivity contribution in [1.29, 1.82) is 0 Å². The third kappa shape index (κ3) is 8.15.